The van der Waals surface area contributed by atoms with E-state index in [1.807, 2.05) is 48.5 Å². The first-order valence-electron chi connectivity index (χ1n) is 10.6. The molecular weight excluding hydrogens is 388 g/mol. The average Bonchev–Trinajstić information content (AvgIpc) is 3.22. The van der Waals surface area contributed by atoms with Crippen molar-refractivity contribution in [2.75, 3.05) is 6.61 Å². The van der Waals surface area contributed by atoms with Crippen molar-refractivity contribution in [2.24, 2.45) is 0 Å². The van der Waals surface area contributed by atoms with Gasteiger partial charge in [0.2, 0.25) is 0 Å². The molecule has 0 fully saturated rings. The van der Waals surface area contributed by atoms with E-state index in [1.165, 1.54) is 0 Å². The standard InChI is InChI=1S/C27H26O4/c28-25(29)16-8-14-22-13-7-15-24-23(19-31-27(22)24)17-18-30-26(20-9-3-1-4-10-20)21-11-5-2-6-12-21/h1-7,9-13,15,19,26H,8,14,16-18H2,(H,28,29). The smallest absolute Gasteiger partial charge is 0.303 e. The Labute approximate surface area is 182 Å². The van der Waals surface area contributed by atoms with Crippen LogP contribution in [0.3, 0.4) is 0 Å². The molecule has 0 bridgehead atoms. The van der Waals surface area contributed by atoms with Crippen LogP contribution < -0.4 is 0 Å². The number of fused-ring (bicyclic) bond motifs is 1. The summed E-state index contributed by atoms with van der Waals surface area (Å²) < 4.78 is 12.2. The fourth-order valence-electron chi connectivity index (χ4n) is 3.92. The summed E-state index contributed by atoms with van der Waals surface area (Å²) in [4.78, 5) is 10.8. The van der Waals surface area contributed by atoms with Gasteiger partial charge in [-0.25, -0.2) is 0 Å². The highest BCUT2D eigenvalue weighted by molar-refractivity contribution is 5.84. The normalized spacial score (nSPS) is 11.3. The lowest BCUT2D eigenvalue weighted by Gasteiger charge is -2.19. The molecular formula is C27H26O4. The molecule has 0 spiro atoms. The first-order chi connectivity index (χ1) is 15.2. The molecule has 0 aliphatic heterocycles. The van der Waals surface area contributed by atoms with Crippen molar-refractivity contribution < 1.29 is 19.1 Å². The zero-order chi connectivity index (χ0) is 21.5. The monoisotopic (exact) mass is 414 g/mol. The van der Waals surface area contributed by atoms with Gasteiger partial charge in [-0.3, -0.25) is 4.79 Å². The minimum atomic E-state index is -0.768. The Balaban J connectivity index is 1.46. The van der Waals surface area contributed by atoms with Crippen LogP contribution in [0.2, 0.25) is 0 Å². The summed E-state index contributed by atoms with van der Waals surface area (Å²) in [6.07, 6.45) is 3.88. The number of benzene rings is 3. The van der Waals surface area contributed by atoms with Crippen LogP contribution in [0.1, 0.15) is 41.2 Å². The lowest BCUT2D eigenvalue weighted by Crippen LogP contribution is -2.08. The third-order valence-electron chi connectivity index (χ3n) is 5.46. The fourth-order valence-corrected chi connectivity index (χ4v) is 3.92. The third-order valence-corrected chi connectivity index (χ3v) is 5.46. The number of hydrogen-bond donors (Lipinski definition) is 1. The molecule has 1 N–H and O–H groups in total. The van der Waals surface area contributed by atoms with Crippen LogP contribution in [-0.2, 0) is 22.4 Å². The van der Waals surface area contributed by atoms with Gasteiger partial charge >= 0.3 is 5.97 Å². The van der Waals surface area contributed by atoms with Crippen molar-refractivity contribution in [3.63, 3.8) is 0 Å². The number of hydrogen-bond acceptors (Lipinski definition) is 3. The minimum absolute atomic E-state index is 0.118. The van der Waals surface area contributed by atoms with Crippen LogP contribution >= 0.6 is 0 Å². The van der Waals surface area contributed by atoms with E-state index in [9.17, 15) is 4.79 Å². The van der Waals surface area contributed by atoms with Crippen LogP contribution in [-0.4, -0.2) is 17.7 Å². The van der Waals surface area contributed by atoms with Crippen LogP contribution in [0.5, 0.6) is 0 Å². The van der Waals surface area contributed by atoms with Crippen molar-refractivity contribution in [3.8, 4) is 0 Å². The second kappa shape index (κ2) is 10.1. The molecule has 4 aromatic rings. The molecule has 4 nitrogen and oxygen atoms in total. The molecule has 4 heteroatoms. The second-order valence-electron chi connectivity index (χ2n) is 7.62. The molecule has 158 valence electrons. The number of carbonyl (C=O) groups is 1. The van der Waals surface area contributed by atoms with Crippen LogP contribution in [0.4, 0.5) is 0 Å². The first-order valence-corrected chi connectivity index (χ1v) is 10.6. The van der Waals surface area contributed by atoms with E-state index in [-0.39, 0.29) is 12.5 Å². The average molecular weight is 415 g/mol. The maximum atomic E-state index is 10.8. The van der Waals surface area contributed by atoms with E-state index in [1.54, 1.807) is 6.26 Å². The van der Waals surface area contributed by atoms with E-state index in [0.717, 1.165) is 39.6 Å². The largest absolute Gasteiger partial charge is 0.481 e. The zero-order valence-corrected chi connectivity index (χ0v) is 17.4. The van der Waals surface area contributed by atoms with Gasteiger partial charge in [-0.05, 0) is 36.0 Å². The SMILES string of the molecule is O=C(O)CCCc1cccc2c(CCOC(c3ccccc3)c3ccccc3)coc12. The molecule has 1 aromatic heterocycles. The molecule has 0 saturated carbocycles. The number of furan rings is 1. The number of aryl methyl sites for hydroxylation is 1. The van der Waals surface area contributed by atoms with Gasteiger partial charge in [0, 0.05) is 17.4 Å². The van der Waals surface area contributed by atoms with Gasteiger partial charge in [-0.2, -0.15) is 0 Å². The highest BCUT2D eigenvalue weighted by Crippen LogP contribution is 2.28. The lowest BCUT2D eigenvalue weighted by molar-refractivity contribution is -0.137. The molecule has 31 heavy (non-hydrogen) atoms. The molecule has 0 unspecified atom stereocenters. The van der Waals surface area contributed by atoms with E-state index < -0.39 is 5.97 Å². The molecule has 4 rings (SSSR count). The van der Waals surface area contributed by atoms with Crippen LogP contribution in [0, 0.1) is 0 Å². The van der Waals surface area contributed by atoms with Crippen molar-refractivity contribution in [1.29, 1.82) is 0 Å². The summed E-state index contributed by atoms with van der Waals surface area (Å²) >= 11 is 0. The van der Waals surface area contributed by atoms with Gasteiger partial charge in [-0.15, -0.1) is 0 Å². The Morgan fingerprint density at radius 3 is 2.16 bits per heavy atom. The number of carboxylic acids is 1. The number of aliphatic carboxylic acids is 1. The molecule has 0 saturated heterocycles. The summed E-state index contributed by atoms with van der Waals surface area (Å²) in [5.74, 6) is -0.768. The summed E-state index contributed by atoms with van der Waals surface area (Å²) in [5.41, 5.74) is 5.27. The first kappa shape index (κ1) is 20.9. The lowest BCUT2D eigenvalue weighted by atomic mass is 10.0. The summed E-state index contributed by atoms with van der Waals surface area (Å²) in [5, 5.41) is 9.95. The van der Waals surface area contributed by atoms with E-state index >= 15 is 0 Å². The molecule has 0 amide bonds. The van der Waals surface area contributed by atoms with Crippen molar-refractivity contribution in [2.45, 2.75) is 31.8 Å². The van der Waals surface area contributed by atoms with E-state index in [0.29, 0.717) is 19.4 Å². The highest BCUT2D eigenvalue weighted by atomic mass is 16.5. The summed E-state index contributed by atoms with van der Waals surface area (Å²) in [7, 11) is 0. The van der Waals surface area contributed by atoms with Crippen molar-refractivity contribution >= 4 is 16.9 Å². The summed E-state index contributed by atoms with van der Waals surface area (Å²) in [6, 6.07) is 26.6. The van der Waals surface area contributed by atoms with E-state index in [2.05, 4.69) is 30.3 Å². The fraction of sp³-hybridized carbons (Fsp3) is 0.222. The van der Waals surface area contributed by atoms with Gasteiger partial charge in [0.15, 0.2) is 0 Å². The zero-order valence-electron chi connectivity index (χ0n) is 17.4. The Bertz CT molecular complexity index is 1080. The van der Waals surface area contributed by atoms with Crippen molar-refractivity contribution in [3.05, 3.63) is 107 Å². The van der Waals surface area contributed by atoms with Gasteiger partial charge < -0.3 is 14.3 Å². The molecule has 0 atom stereocenters. The van der Waals surface area contributed by atoms with Crippen molar-refractivity contribution in [1.82, 2.24) is 0 Å². The topological polar surface area (TPSA) is 59.7 Å². The van der Waals surface area contributed by atoms with Gasteiger partial charge in [-0.1, -0.05) is 78.9 Å². The van der Waals surface area contributed by atoms with Crippen LogP contribution in [0.15, 0.2) is 89.5 Å². The molecule has 0 aliphatic carbocycles. The number of ether oxygens (including phenoxy) is 1. The maximum Gasteiger partial charge on any atom is 0.303 e. The number of rotatable bonds is 10. The quantitative estimate of drug-likeness (QED) is 0.336. The molecule has 0 aliphatic rings. The third kappa shape index (κ3) is 5.22. The Morgan fingerprint density at radius 2 is 1.52 bits per heavy atom. The second-order valence-corrected chi connectivity index (χ2v) is 7.62. The van der Waals surface area contributed by atoms with Crippen LogP contribution in [0.25, 0.3) is 11.0 Å². The molecule has 1 heterocycles. The number of carboxylic acid groups (broad SMARTS) is 1. The summed E-state index contributed by atoms with van der Waals surface area (Å²) in [6.45, 7) is 0.562. The minimum Gasteiger partial charge on any atom is -0.481 e. The molecule has 0 radical (unpaired) electrons. The van der Waals surface area contributed by atoms with Gasteiger partial charge in [0.1, 0.15) is 11.7 Å². The predicted molar refractivity (Wildman–Crippen MR) is 121 cm³/mol. The van der Waals surface area contributed by atoms with Gasteiger partial charge in [0.25, 0.3) is 0 Å². The maximum absolute atomic E-state index is 10.8. The Kier molecular flexibility index (Phi) is 6.80. The van der Waals surface area contributed by atoms with E-state index in [4.69, 9.17) is 14.3 Å². The Hall–Kier alpha value is -3.37. The molecule has 3 aromatic carbocycles. The Morgan fingerprint density at radius 1 is 0.839 bits per heavy atom. The van der Waals surface area contributed by atoms with Gasteiger partial charge in [0.05, 0.1) is 12.9 Å². The highest BCUT2D eigenvalue weighted by Gasteiger charge is 2.15. The predicted octanol–water partition coefficient (Wildman–Crippen LogP) is 6.19. The number of para-hydroxylation sites is 1.